The monoisotopic (exact) mass is 404 g/mol. The van der Waals surface area contributed by atoms with E-state index in [1.807, 2.05) is 30.1 Å². The summed E-state index contributed by atoms with van der Waals surface area (Å²) in [7, 11) is 0. The molecule has 0 radical (unpaired) electrons. The fraction of sp³-hybridized carbons (Fsp3) is 0.217. The van der Waals surface area contributed by atoms with E-state index in [9.17, 15) is 4.79 Å². The minimum Gasteiger partial charge on any atom is -0.348 e. The Morgan fingerprint density at radius 1 is 1.10 bits per heavy atom. The summed E-state index contributed by atoms with van der Waals surface area (Å²) in [5.41, 5.74) is 5.14. The molecule has 3 heterocycles. The third-order valence-corrected chi connectivity index (χ3v) is 5.97. The highest BCUT2D eigenvalue weighted by Crippen LogP contribution is 2.19. The summed E-state index contributed by atoms with van der Waals surface area (Å²) < 4.78 is 4.23. The van der Waals surface area contributed by atoms with Gasteiger partial charge in [-0.05, 0) is 42.5 Å². The lowest BCUT2D eigenvalue weighted by molar-refractivity contribution is 0.0950. The third kappa shape index (κ3) is 4.49. The predicted octanol–water partition coefficient (Wildman–Crippen LogP) is 4.39. The van der Waals surface area contributed by atoms with Gasteiger partial charge in [0.2, 0.25) is 0 Å². The van der Waals surface area contributed by atoms with E-state index in [4.69, 9.17) is 0 Å². The predicted molar refractivity (Wildman–Crippen MR) is 116 cm³/mol. The first kappa shape index (κ1) is 19.2. The van der Waals surface area contributed by atoms with Crippen LogP contribution in [0.5, 0.6) is 0 Å². The van der Waals surface area contributed by atoms with Gasteiger partial charge in [-0.2, -0.15) is 0 Å². The van der Waals surface area contributed by atoms with Gasteiger partial charge in [-0.15, -0.1) is 11.3 Å². The van der Waals surface area contributed by atoms with Gasteiger partial charge in [-0.3, -0.25) is 4.79 Å². The molecule has 0 unspecified atom stereocenters. The summed E-state index contributed by atoms with van der Waals surface area (Å²) in [5, 5.41) is 5.14. The normalized spacial score (nSPS) is 11.0. The highest BCUT2D eigenvalue weighted by Gasteiger charge is 2.16. The Morgan fingerprint density at radius 2 is 1.90 bits per heavy atom. The molecule has 0 atom stereocenters. The number of nitrogens with one attached hydrogen (secondary N) is 1. The molecule has 0 saturated heterocycles. The number of aryl methyl sites for hydroxylation is 1. The Kier molecular flexibility index (Phi) is 5.62. The van der Waals surface area contributed by atoms with E-state index in [1.165, 1.54) is 10.4 Å². The van der Waals surface area contributed by atoms with Gasteiger partial charge in [0.1, 0.15) is 0 Å². The maximum atomic E-state index is 12.8. The molecule has 0 bridgehead atoms. The molecular formula is C23H24N4OS. The van der Waals surface area contributed by atoms with E-state index >= 15 is 0 Å². The van der Waals surface area contributed by atoms with Gasteiger partial charge in [0.15, 0.2) is 0 Å². The number of aromatic nitrogens is 3. The molecule has 1 N–H and O–H groups in total. The molecule has 0 saturated carbocycles. The first-order valence-corrected chi connectivity index (χ1v) is 10.5. The minimum absolute atomic E-state index is 0.0296. The van der Waals surface area contributed by atoms with Crippen LogP contribution in [0.1, 0.15) is 37.7 Å². The molecule has 148 valence electrons. The maximum absolute atomic E-state index is 12.8. The zero-order chi connectivity index (χ0) is 20.2. The van der Waals surface area contributed by atoms with Crippen molar-refractivity contribution in [3.63, 3.8) is 0 Å². The highest BCUT2D eigenvalue weighted by molar-refractivity contribution is 7.09. The number of hydrogen-bond acceptors (Lipinski definition) is 3. The molecule has 29 heavy (non-hydrogen) atoms. The number of thiophene rings is 1. The number of benzene rings is 1. The SMILES string of the molecule is Cc1cc(C(=O)NCc2ccc(Cn3ccnc3)cc2)c(C)n1Cc1cccs1. The number of hydrogen-bond donors (Lipinski definition) is 1. The topological polar surface area (TPSA) is 51.9 Å². The van der Waals surface area contributed by atoms with Crippen LogP contribution in [-0.4, -0.2) is 20.0 Å². The molecule has 0 aliphatic carbocycles. The van der Waals surface area contributed by atoms with Crippen molar-refractivity contribution < 1.29 is 4.79 Å². The lowest BCUT2D eigenvalue weighted by Gasteiger charge is -2.09. The number of rotatable bonds is 7. The summed E-state index contributed by atoms with van der Waals surface area (Å²) in [5.74, 6) is -0.0296. The van der Waals surface area contributed by atoms with Crippen molar-refractivity contribution in [2.45, 2.75) is 33.5 Å². The smallest absolute Gasteiger partial charge is 0.253 e. The van der Waals surface area contributed by atoms with Crippen LogP contribution in [0.3, 0.4) is 0 Å². The Hall–Kier alpha value is -3.12. The Bertz CT molecular complexity index is 1080. The van der Waals surface area contributed by atoms with Gasteiger partial charge in [-0.25, -0.2) is 4.98 Å². The van der Waals surface area contributed by atoms with Gasteiger partial charge in [-0.1, -0.05) is 30.3 Å². The Balaban J connectivity index is 1.38. The fourth-order valence-electron chi connectivity index (χ4n) is 3.46. The molecule has 5 nitrogen and oxygen atoms in total. The molecule has 6 heteroatoms. The number of nitrogens with zero attached hydrogens (tertiary/aromatic N) is 3. The van der Waals surface area contributed by atoms with Crippen LogP contribution in [0, 0.1) is 13.8 Å². The zero-order valence-corrected chi connectivity index (χ0v) is 17.4. The van der Waals surface area contributed by atoms with E-state index in [0.29, 0.717) is 6.54 Å². The standard InChI is InChI=1S/C23H24N4OS/c1-17-12-22(18(2)27(17)15-21-4-3-11-29-21)23(28)25-13-19-5-7-20(8-6-19)14-26-10-9-24-16-26/h3-12,16H,13-15H2,1-2H3,(H,25,28). The lowest BCUT2D eigenvalue weighted by Crippen LogP contribution is -2.23. The average molecular weight is 405 g/mol. The Morgan fingerprint density at radius 3 is 2.59 bits per heavy atom. The minimum atomic E-state index is -0.0296. The van der Waals surface area contributed by atoms with Gasteiger partial charge < -0.3 is 14.5 Å². The van der Waals surface area contributed by atoms with Crippen LogP contribution < -0.4 is 5.32 Å². The van der Waals surface area contributed by atoms with E-state index < -0.39 is 0 Å². The van der Waals surface area contributed by atoms with Gasteiger partial charge in [0.05, 0.1) is 18.4 Å². The zero-order valence-electron chi connectivity index (χ0n) is 16.6. The summed E-state index contributed by atoms with van der Waals surface area (Å²) in [6.07, 6.45) is 5.54. The molecule has 4 rings (SSSR count). The summed E-state index contributed by atoms with van der Waals surface area (Å²) in [4.78, 5) is 18.1. The second-order valence-electron chi connectivity index (χ2n) is 7.18. The van der Waals surface area contributed by atoms with E-state index in [2.05, 4.69) is 63.6 Å². The highest BCUT2D eigenvalue weighted by atomic mass is 32.1. The molecule has 4 aromatic rings. The first-order valence-electron chi connectivity index (χ1n) is 9.61. The number of carbonyl (C=O) groups is 1. The van der Waals surface area contributed by atoms with Crippen LogP contribution in [-0.2, 0) is 19.6 Å². The van der Waals surface area contributed by atoms with Crippen molar-refractivity contribution in [3.05, 3.63) is 99.5 Å². The Labute approximate surface area is 174 Å². The molecule has 0 aliphatic heterocycles. The van der Waals surface area contributed by atoms with Crippen molar-refractivity contribution in [3.8, 4) is 0 Å². The number of imidazole rings is 1. The molecule has 1 aromatic carbocycles. The summed E-state index contributed by atoms with van der Waals surface area (Å²) in [6.45, 7) is 6.18. The largest absolute Gasteiger partial charge is 0.348 e. The number of carbonyl (C=O) groups excluding carboxylic acids is 1. The molecule has 3 aromatic heterocycles. The first-order chi connectivity index (χ1) is 14.1. The second-order valence-corrected chi connectivity index (χ2v) is 8.22. The van der Waals surface area contributed by atoms with Crippen LogP contribution >= 0.6 is 11.3 Å². The average Bonchev–Trinajstić information content (AvgIpc) is 3.47. The van der Waals surface area contributed by atoms with Gasteiger partial charge in [0, 0.05) is 41.7 Å². The van der Waals surface area contributed by atoms with Gasteiger partial charge in [0.25, 0.3) is 5.91 Å². The van der Waals surface area contributed by atoms with E-state index in [1.54, 1.807) is 17.5 Å². The molecule has 1 amide bonds. The van der Waals surface area contributed by atoms with Crippen molar-refractivity contribution in [1.29, 1.82) is 0 Å². The van der Waals surface area contributed by atoms with E-state index in [0.717, 1.165) is 35.6 Å². The summed E-state index contributed by atoms with van der Waals surface area (Å²) in [6, 6.07) is 14.5. The molecule has 0 fully saturated rings. The fourth-order valence-corrected chi connectivity index (χ4v) is 4.16. The van der Waals surface area contributed by atoms with Crippen LogP contribution in [0.4, 0.5) is 0 Å². The lowest BCUT2D eigenvalue weighted by atomic mass is 10.1. The quantitative estimate of drug-likeness (QED) is 0.497. The second kappa shape index (κ2) is 8.49. The molecular weight excluding hydrogens is 380 g/mol. The van der Waals surface area contributed by atoms with Crippen molar-refractivity contribution in [2.24, 2.45) is 0 Å². The van der Waals surface area contributed by atoms with Crippen LogP contribution in [0.25, 0.3) is 0 Å². The third-order valence-electron chi connectivity index (χ3n) is 5.11. The van der Waals surface area contributed by atoms with Crippen LogP contribution in [0.15, 0.2) is 66.6 Å². The van der Waals surface area contributed by atoms with Crippen molar-refractivity contribution in [2.75, 3.05) is 0 Å². The van der Waals surface area contributed by atoms with E-state index in [-0.39, 0.29) is 5.91 Å². The molecule has 0 aliphatic rings. The number of amides is 1. The summed E-state index contributed by atoms with van der Waals surface area (Å²) >= 11 is 1.74. The van der Waals surface area contributed by atoms with Gasteiger partial charge >= 0.3 is 0 Å². The van der Waals surface area contributed by atoms with Crippen LogP contribution in [0.2, 0.25) is 0 Å². The maximum Gasteiger partial charge on any atom is 0.253 e. The van der Waals surface area contributed by atoms with Crippen molar-refractivity contribution >= 4 is 17.2 Å². The molecule has 0 spiro atoms. The van der Waals surface area contributed by atoms with Crippen molar-refractivity contribution in [1.82, 2.24) is 19.4 Å².